The standard InChI is InChI=1S/C34H38N8O6/c1-3-42-18-25(30(44)29-31(42)38-20(2)17-37-29)33(46)39-22-9-10-27-24(16-22)32(45)36-14-12-28(43)41-26(11-13-35)34(47)40-23(19-48-27)15-21-7-5-4-6-8-21/h4-10,16-18,23,26H,3,11-15,19,35H2,1-2H3,(H,36,45)(H,39,46)(H,40,47)(H,41,43)/t23-,26-/m1/s1. The number of ether oxygens (including phenoxy) is 1. The average Bonchev–Trinajstić information content (AvgIpc) is 3.07. The summed E-state index contributed by atoms with van der Waals surface area (Å²) < 4.78 is 7.81. The molecule has 1 aliphatic heterocycles. The van der Waals surface area contributed by atoms with Gasteiger partial charge in [-0.05, 0) is 57.0 Å². The number of hydrogen-bond acceptors (Lipinski definition) is 9. The van der Waals surface area contributed by atoms with E-state index < -0.39 is 41.1 Å². The molecule has 5 rings (SSSR count). The number of hydrogen-bond donors (Lipinski definition) is 5. The summed E-state index contributed by atoms with van der Waals surface area (Å²) in [6.45, 7) is 4.22. The molecule has 4 aromatic rings. The highest BCUT2D eigenvalue weighted by Gasteiger charge is 2.25. The summed E-state index contributed by atoms with van der Waals surface area (Å²) in [5, 5.41) is 11.1. The van der Waals surface area contributed by atoms with Gasteiger partial charge < -0.3 is 36.3 Å². The van der Waals surface area contributed by atoms with Crippen molar-refractivity contribution < 1.29 is 23.9 Å². The van der Waals surface area contributed by atoms with Crippen molar-refractivity contribution in [3.05, 3.63) is 93.5 Å². The van der Waals surface area contributed by atoms with Crippen molar-refractivity contribution in [2.45, 2.75) is 51.7 Å². The fourth-order valence-corrected chi connectivity index (χ4v) is 5.37. The lowest BCUT2D eigenvalue weighted by atomic mass is 10.1. The Kier molecular flexibility index (Phi) is 10.8. The number of nitrogens with two attached hydrogens (primary N) is 1. The third-order valence-corrected chi connectivity index (χ3v) is 7.81. The molecule has 0 aliphatic carbocycles. The minimum Gasteiger partial charge on any atom is -0.491 e. The smallest absolute Gasteiger partial charge is 0.261 e. The van der Waals surface area contributed by atoms with Crippen LogP contribution in [-0.2, 0) is 22.6 Å². The maximum atomic E-state index is 13.4. The van der Waals surface area contributed by atoms with Gasteiger partial charge in [-0.25, -0.2) is 9.97 Å². The molecule has 1 aliphatic rings. The highest BCUT2D eigenvalue weighted by molar-refractivity contribution is 6.06. The second-order valence-electron chi connectivity index (χ2n) is 11.4. The number of anilines is 1. The van der Waals surface area contributed by atoms with Crippen LogP contribution >= 0.6 is 0 Å². The van der Waals surface area contributed by atoms with Crippen molar-refractivity contribution in [3.63, 3.8) is 0 Å². The lowest BCUT2D eigenvalue weighted by Crippen LogP contribution is -2.52. The van der Waals surface area contributed by atoms with Gasteiger partial charge in [0.2, 0.25) is 17.2 Å². The zero-order chi connectivity index (χ0) is 34.2. The van der Waals surface area contributed by atoms with E-state index in [1.54, 1.807) is 17.6 Å². The molecule has 14 nitrogen and oxygen atoms in total. The van der Waals surface area contributed by atoms with Gasteiger partial charge in [0.05, 0.1) is 17.3 Å². The molecule has 2 atom stereocenters. The van der Waals surface area contributed by atoms with Crippen molar-refractivity contribution >= 4 is 40.5 Å². The highest BCUT2D eigenvalue weighted by atomic mass is 16.5. The van der Waals surface area contributed by atoms with E-state index in [-0.39, 0.29) is 60.6 Å². The number of nitrogens with one attached hydrogen (secondary N) is 4. The van der Waals surface area contributed by atoms with Crippen LogP contribution in [0.2, 0.25) is 0 Å². The van der Waals surface area contributed by atoms with Crippen molar-refractivity contribution in [2.24, 2.45) is 5.73 Å². The molecule has 250 valence electrons. The van der Waals surface area contributed by atoms with E-state index in [1.807, 2.05) is 37.3 Å². The second kappa shape index (κ2) is 15.3. The van der Waals surface area contributed by atoms with Gasteiger partial charge in [-0.2, -0.15) is 0 Å². The first-order valence-electron chi connectivity index (χ1n) is 15.7. The van der Waals surface area contributed by atoms with Crippen LogP contribution in [0.25, 0.3) is 11.2 Å². The lowest BCUT2D eigenvalue weighted by molar-refractivity contribution is -0.129. The molecule has 48 heavy (non-hydrogen) atoms. The molecule has 0 radical (unpaired) electrons. The molecule has 0 saturated carbocycles. The minimum atomic E-state index is -0.849. The fourth-order valence-electron chi connectivity index (χ4n) is 5.37. The normalized spacial score (nSPS) is 17.3. The van der Waals surface area contributed by atoms with Gasteiger partial charge in [-0.15, -0.1) is 0 Å². The van der Waals surface area contributed by atoms with Crippen LogP contribution in [0.15, 0.2) is 65.7 Å². The summed E-state index contributed by atoms with van der Waals surface area (Å²) in [5.74, 6) is -1.86. The SMILES string of the molecule is CCn1cc(C(=O)Nc2ccc3c(c2)C(=O)NCCC(=O)N[C@H](CCN)C(=O)N[C@H](Cc2ccccc2)CO3)c(=O)c2ncc(C)nc21. The summed E-state index contributed by atoms with van der Waals surface area (Å²) in [5.41, 5.74) is 7.36. The Balaban J connectivity index is 1.44. The highest BCUT2D eigenvalue weighted by Crippen LogP contribution is 2.24. The second-order valence-corrected chi connectivity index (χ2v) is 11.4. The molecule has 2 aromatic carbocycles. The van der Waals surface area contributed by atoms with Gasteiger partial charge >= 0.3 is 0 Å². The first kappa shape index (κ1) is 33.7. The molecule has 0 unspecified atom stereocenters. The number of fused-ring (bicyclic) bond motifs is 2. The Hall–Kier alpha value is -5.63. The van der Waals surface area contributed by atoms with Crippen LogP contribution in [0.1, 0.15) is 51.7 Å². The molecule has 2 aromatic heterocycles. The summed E-state index contributed by atoms with van der Waals surface area (Å²) in [4.78, 5) is 74.6. The van der Waals surface area contributed by atoms with Crippen LogP contribution in [-0.4, -0.2) is 69.9 Å². The molecular formula is C34H38N8O6. The Morgan fingerprint density at radius 3 is 2.65 bits per heavy atom. The van der Waals surface area contributed by atoms with E-state index in [0.717, 1.165) is 5.56 Å². The molecule has 14 heteroatoms. The van der Waals surface area contributed by atoms with Gasteiger partial charge in [0.1, 0.15) is 24.0 Å². The predicted octanol–water partition coefficient (Wildman–Crippen LogP) is 1.45. The summed E-state index contributed by atoms with van der Waals surface area (Å²) >= 11 is 0. The first-order valence-corrected chi connectivity index (χ1v) is 15.7. The Morgan fingerprint density at radius 2 is 1.90 bits per heavy atom. The number of carbonyl (C=O) groups excluding carboxylic acids is 4. The number of carbonyl (C=O) groups is 4. The van der Waals surface area contributed by atoms with E-state index >= 15 is 0 Å². The average molecular weight is 655 g/mol. The van der Waals surface area contributed by atoms with E-state index in [0.29, 0.717) is 24.3 Å². The topological polar surface area (TPSA) is 199 Å². The zero-order valence-corrected chi connectivity index (χ0v) is 26.7. The van der Waals surface area contributed by atoms with Crippen LogP contribution < -0.4 is 37.2 Å². The van der Waals surface area contributed by atoms with E-state index in [1.165, 1.54) is 24.5 Å². The summed E-state index contributed by atoms with van der Waals surface area (Å²) in [7, 11) is 0. The van der Waals surface area contributed by atoms with E-state index in [9.17, 15) is 24.0 Å². The number of nitrogens with zero attached hydrogens (tertiary/aromatic N) is 3. The molecular weight excluding hydrogens is 616 g/mol. The van der Waals surface area contributed by atoms with Crippen LogP contribution in [0.5, 0.6) is 5.75 Å². The number of pyridine rings is 1. The molecule has 0 spiro atoms. The van der Waals surface area contributed by atoms with Crippen molar-refractivity contribution in [1.29, 1.82) is 0 Å². The number of aryl methyl sites for hydroxylation is 2. The van der Waals surface area contributed by atoms with E-state index in [4.69, 9.17) is 10.5 Å². The number of aromatic nitrogens is 3. The number of rotatable bonds is 7. The Morgan fingerprint density at radius 1 is 1.10 bits per heavy atom. The zero-order valence-electron chi connectivity index (χ0n) is 26.7. The molecule has 0 bridgehead atoms. The molecule has 0 saturated heterocycles. The fraction of sp³-hybridized carbons (Fsp3) is 0.324. The van der Waals surface area contributed by atoms with Gasteiger partial charge in [0, 0.05) is 37.6 Å². The maximum absolute atomic E-state index is 13.4. The third kappa shape index (κ3) is 8.01. The predicted molar refractivity (Wildman–Crippen MR) is 179 cm³/mol. The van der Waals surface area contributed by atoms with Gasteiger partial charge in [0.15, 0.2) is 11.2 Å². The monoisotopic (exact) mass is 654 g/mol. The molecule has 4 amide bonds. The third-order valence-electron chi connectivity index (χ3n) is 7.81. The molecule has 6 N–H and O–H groups in total. The number of benzene rings is 2. The first-order chi connectivity index (χ1) is 23.2. The van der Waals surface area contributed by atoms with Gasteiger partial charge in [-0.3, -0.25) is 24.0 Å². The minimum absolute atomic E-state index is 0.00985. The Bertz CT molecular complexity index is 1890. The number of amides is 4. The van der Waals surface area contributed by atoms with Gasteiger partial charge in [-0.1, -0.05) is 30.3 Å². The van der Waals surface area contributed by atoms with Gasteiger partial charge in [0.25, 0.3) is 11.8 Å². The van der Waals surface area contributed by atoms with Crippen molar-refractivity contribution in [3.8, 4) is 5.75 Å². The Labute approximate surface area is 276 Å². The lowest BCUT2D eigenvalue weighted by Gasteiger charge is -2.25. The van der Waals surface area contributed by atoms with Crippen LogP contribution in [0, 0.1) is 6.92 Å². The summed E-state index contributed by atoms with van der Waals surface area (Å²) in [6, 6.07) is 12.6. The van der Waals surface area contributed by atoms with Crippen molar-refractivity contribution in [1.82, 2.24) is 30.5 Å². The van der Waals surface area contributed by atoms with E-state index in [2.05, 4.69) is 31.2 Å². The maximum Gasteiger partial charge on any atom is 0.261 e. The summed E-state index contributed by atoms with van der Waals surface area (Å²) in [6.07, 6.45) is 3.47. The van der Waals surface area contributed by atoms with Crippen LogP contribution in [0.3, 0.4) is 0 Å². The van der Waals surface area contributed by atoms with Crippen LogP contribution in [0.4, 0.5) is 5.69 Å². The molecule has 0 fully saturated rings. The largest absolute Gasteiger partial charge is 0.491 e. The quantitative estimate of drug-likeness (QED) is 0.196. The molecule has 3 heterocycles. The van der Waals surface area contributed by atoms with Crippen molar-refractivity contribution in [2.75, 3.05) is 25.0 Å².